The first-order valence-electron chi connectivity index (χ1n) is 11.8. The van der Waals surface area contributed by atoms with Gasteiger partial charge in [-0.15, -0.1) is 5.92 Å². The number of hydrogen-bond donors (Lipinski definition) is 1. The Balaban J connectivity index is 1.75. The first kappa shape index (κ1) is 23.3. The van der Waals surface area contributed by atoms with Crippen molar-refractivity contribution in [3.63, 3.8) is 0 Å². The SMILES string of the molecule is CC#CCn1c(N2CCC[C@@H](N)C2)c(C#N)c2c1c(=O)n(Cc1ccc3nccnc3c1)c(=O)n2C. The number of nitriles is 1. The van der Waals surface area contributed by atoms with Crippen molar-refractivity contribution in [3.8, 4) is 17.9 Å². The number of nitrogens with zero attached hydrogens (tertiary/aromatic N) is 7. The highest BCUT2D eigenvalue weighted by Crippen LogP contribution is 2.32. The third kappa shape index (κ3) is 3.82. The van der Waals surface area contributed by atoms with E-state index in [0.29, 0.717) is 35.5 Å². The number of nitrogens with two attached hydrogens (primary N) is 1. The van der Waals surface area contributed by atoms with Crippen molar-refractivity contribution in [3.05, 3.63) is 62.6 Å². The van der Waals surface area contributed by atoms with Crippen LogP contribution in [0.3, 0.4) is 0 Å². The average Bonchev–Trinajstić information content (AvgIpc) is 3.23. The van der Waals surface area contributed by atoms with Crippen molar-refractivity contribution in [2.75, 3.05) is 18.0 Å². The molecule has 1 aliphatic rings. The zero-order valence-electron chi connectivity index (χ0n) is 20.2. The van der Waals surface area contributed by atoms with Crippen LogP contribution in [0, 0.1) is 23.2 Å². The fraction of sp³-hybridized carbons (Fsp3) is 0.346. The van der Waals surface area contributed by atoms with Crippen molar-refractivity contribution < 1.29 is 0 Å². The topological polar surface area (TPSA) is 128 Å². The Labute approximate surface area is 207 Å². The van der Waals surface area contributed by atoms with Crippen LogP contribution in [0.4, 0.5) is 5.82 Å². The second kappa shape index (κ2) is 9.33. The molecule has 4 aromatic rings. The van der Waals surface area contributed by atoms with Gasteiger partial charge in [0.2, 0.25) is 0 Å². The maximum absolute atomic E-state index is 13.9. The van der Waals surface area contributed by atoms with Gasteiger partial charge in [0.05, 0.1) is 29.6 Å². The van der Waals surface area contributed by atoms with E-state index in [2.05, 4.69) is 27.9 Å². The van der Waals surface area contributed by atoms with Gasteiger partial charge in [-0.3, -0.25) is 23.9 Å². The molecule has 1 aromatic carbocycles. The second-order valence-electron chi connectivity index (χ2n) is 8.98. The number of aryl methyl sites for hydroxylation is 1. The molecule has 182 valence electrons. The van der Waals surface area contributed by atoms with Gasteiger partial charge in [0.15, 0.2) is 0 Å². The Morgan fingerprint density at radius 1 is 1.14 bits per heavy atom. The molecule has 1 aliphatic heterocycles. The second-order valence-corrected chi connectivity index (χ2v) is 8.98. The summed E-state index contributed by atoms with van der Waals surface area (Å²) in [7, 11) is 1.59. The van der Waals surface area contributed by atoms with Crippen LogP contribution in [-0.2, 0) is 20.1 Å². The summed E-state index contributed by atoms with van der Waals surface area (Å²) in [6.45, 7) is 3.27. The molecule has 0 unspecified atom stereocenters. The molecule has 36 heavy (non-hydrogen) atoms. The largest absolute Gasteiger partial charge is 0.355 e. The van der Waals surface area contributed by atoms with Crippen LogP contribution in [0.5, 0.6) is 0 Å². The first-order valence-corrected chi connectivity index (χ1v) is 11.8. The summed E-state index contributed by atoms with van der Waals surface area (Å²) in [5.41, 5.74) is 8.33. The zero-order chi connectivity index (χ0) is 25.4. The van der Waals surface area contributed by atoms with Gasteiger partial charge in [0.1, 0.15) is 23.0 Å². The minimum atomic E-state index is -0.496. The molecule has 0 saturated carbocycles. The van der Waals surface area contributed by atoms with E-state index in [4.69, 9.17) is 5.73 Å². The van der Waals surface area contributed by atoms with Crippen molar-refractivity contribution >= 4 is 27.9 Å². The highest BCUT2D eigenvalue weighted by molar-refractivity contribution is 5.90. The van der Waals surface area contributed by atoms with Gasteiger partial charge < -0.3 is 15.2 Å². The lowest BCUT2D eigenvalue weighted by Crippen LogP contribution is -2.44. The number of aromatic nitrogens is 5. The van der Waals surface area contributed by atoms with Crippen molar-refractivity contribution in [2.45, 2.75) is 38.9 Å². The van der Waals surface area contributed by atoms with E-state index in [1.807, 2.05) is 23.1 Å². The van der Waals surface area contributed by atoms with Crippen molar-refractivity contribution in [2.24, 2.45) is 12.8 Å². The summed E-state index contributed by atoms with van der Waals surface area (Å²) in [6, 6.07) is 7.69. The van der Waals surface area contributed by atoms with E-state index in [1.165, 1.54) is 9.13 Å². The smallest absolute Gasteiger partial charge is 0.331 e. The molecule has 0 spiro atoms. The van der Waals surface area contributed by atoms with E-state index in [1.54, 1.807) is 30.9 Å². The lowest BCUT2D eigenvalue weighted by Gasteiger charge is -2.33. The number of rotatable bonds is 4. The number of benzene rings is 1. The fourth-order valence-corrected chi connectivity index (χ4v) is 5.00. The molecule has 1 fully saturated rings. The first-order chi connectivity index (χ1) is 17.4. The lowest BCUT2D eigenvalue weighted by molar-refractivity contribution is 0.499. The van der Waals surface area contributed by atoms with E-state index in [0.717, 1.165) is 23.9 Å². The molecule has 3 aromatic heterocycles. The maximum atomic E-state index is 13.9. The molecule has 0 radical (unpaired) electrons. The van der Waals surface area contributed by atoms with Crippen LogP contribution in [-0.4, -0.2) is 42.8 Å². The molecular weight excluding hydrogens is 456 g/mol. The standard InChI is InChI=1S/C26H26N8O2/c1-3-4-12-33-23-22(19(14-27)24(33)32-11-5-6-18(28)16-32)31(2)26(36)34(25(23)35)15-17-7-8-20-21(13-17)30-10-9-29-20/h7-10,13,18H,5-6,11-12,15-16,28H2,1-2H3/t18-/m1/s1. The van der Waals surface area contributed by atoms with Crippen molar-refractivity contribution in [1.29, 1.82) is 5.26 Å². The van der Waals surface area contributed by atoms with Gasteiger partial charge in [-0.2, -0.15) is 5.26 Å². The van der Waals surface area contributed by atoms with Gasteiger partial charge in [0.25, 0.3) is 5.56 Å². The van der Waals surface area contributed by atoms with Crippen LogP contribution < -0.4 is 21.9 Å². The van der Waals surface area contributed by atoms with E-state index < -0.39 is 11.2 Å². The van der Waals surface area contributed by atoms with Gasteiger partial charge in [-0.05, 0) is 37.5 Å². The van der Waals surface area contributed by atoms with Crippen LogP contribution in [0.1, 0.15) is 30.9 Å². The fourth-order valence-electron chi connectivity index (χ4n) is 5.00. The van der Waals surface area contributed by atoms with Gasteiger partial charge >= 0.3 is 5.69 Å². The van der Waals surface area contributed by atoms with E-state index >= 15 is 0 Å². The number of hydrogen-bond acceptors (Lipinski definition) is 7. The molecule has 10 nitrogen and oxygen atoms in total. The summed E-state index contributed by atoms with van der Waals surface area (Å²) in [6.07, 6.45) is 4.99. The molecule has 0 bridgehead atoms. The molecule has 0 amide bonds. The Bertz CT molecular complexity index is 1710. The van der Waals surface area contributed by atoms with Crippen LogP contribution in [0.25, 0.3) is 22.1 Å². The molecule has 5 rings (SSSR count). The van der Waals surface area contributed by atoms with Gasteiger partial charge in [-0.1, -0.05) is 12.0 Å². The Morgan fingerprint density at radius 3 is 2.64 bits per heavy atom. The van der Waals surface area contributed by atoms with Gasteiger partial charge in [-0.25, -0.2) is 4.79 Å². The van der Waals surface area contributed by atoms with E-state index in [-0.39, 0.29) is 24.6 Å². The van der Waals surface area contributed by atoms with Crippen LogP contribution in [0.15, 0.2) is 40.2 Å². The molecular formula is C26H26N8O2. The Morgan fingerprint density at radius 2 is 1.92 bits per heavy atom. The molecule has 1 atom stereocenters. The molecule has 0 aliphatic carbocycles. The molecule has 4 heterocycles. The van der Waals surface area contributed by atoms with Crippen molar-refractivity contribution in [1.82, 2.24) is 23.7 Å². The summed E-state index contributed by atoms with van der Waals surface area (Å²) in [5.74, 6) is 6.50. The molecule has 10 heteroatoms. The van der Waals surface area contributed by atoms with Crippen LogP contribution >= 0.6 is 0 Å². The quantitative estimate of drug-likeness (QED) is 0.435. The predicted octanol–water partition coefficient (Wildman–Crippen LogP) is 1.32. The third-order valence-corrected chi connectivity index (χ3v) is 6.67. The average molecular weight is 483 g/mol. The lowest BCUT2D eigenvalue weighted by atomic mass is 10.1. The number of anilines is 1. The van der Waals surface area contributed by atoms with Crippen LogP contribution in [0.2, 0.25) is 0 Å². The summed E-state index contributed by atoms with van der Waals surface area (Å²) < 4.78 is 4.36. The number of piperidine rings is 1. The zero-order valence-corrected chi connectivity index (χ0v) is 20.2. The van der Waals surface area contributed by atoms with E-state index in [9.17, 15) is 14.9 Å². The molecule has 2 N–H and O–H groups in total. The highest BCUT2D eigenvalue weighted by atomic mass is 16.2. The summed E-state index contributed by atoms with van der Waals surface area (Å²) >= 11 is 0. The highest BCUT2D eigenvalue weighted by Gasteiger charge is 2.29. The van der Waals surface area contributed by atoms with Gasteiger partial charge in [0, 0.05) is 38.6 Å². The normalized spacial score (nSPS) is 15.6. The monoisotopic (exact) mass is 482 g/mol. The molecule has 1 saturated heterocycles. The summed E-state index contributed by atoms with van der Waals surface area (Å²) in [5, 5.41) is 10.2. The number of fused-ring (bicyclic) bond motifs is 2. The Hall–Kier alpha value is -4.41. The Kier molecular flexibility index (Phi) is 6.05. The minimum Gasteiger partial charge on any atom is -0.355 e. The maximum Gasteiger partial charge on any atom is 0.331 e. The predicted molar refractivity (Wildman–Crippen MR) is 138 cm³/mol. The minimum absolute atomic E-state index is 0.0366. The third-order valence-electron chi connectivity index (χ3n) is 6.67. The summed E-state index contributed by atoms with van der Waals surface area (Å²) in [4.78, 5) is 37.9.